The molecule has 0 unspecified atom stereocenters. The van der Waals surface area contributed by atoms with Crippen molar-refractivity contribution in [3.63, 3.8) is 0 Å². The first-order valence-electron chi connectivity index (χ1n) is 7.27. The molecule has 0 aliphatic carbocycles. The lowest BCUT2D eigenvalue weighted by molar-refractivity contribution is 0.533. The molecule has 4 nitrogen and oxygen atoms in total. The molecule has 120 valence electrons. The molecular formula is C17H16FNO3S. The van der Waals surface area contributed by atoms with E-state index in [0.29, 0.717) is 12.8 Å². The van der Waals surface area contributed by atoms with Gasteiger partial charge in [-0.1, -0.05) is 18.2 Å². The molecule has 0 aliphatic rings. The Hall–Kier alpha value is -2.18. The van der Waals surface area contributed by atoms with Gasteiger partial charge in [-0.3, -0.25) is 0 Å². The summed E-state index contributed by atoms with van der Waals surface area (Å²) < 4.78 is 45.1. The van der Waals surface area contributed by atoms with Crippen LogP contribution in [0.15, 0.2) is 63.9 Å². The first-order valence-corrected chi connectivity index (χ1v) is 8.76. The maximum absolute atomic E-state index is 12.8. The fourth-order valence-electron chi connectivity index (χ4n) is 2.33. The minimum Gasteiger partial charge on any atom is -0.461 e. The zero-order chi connectivity index (χ0) is 16.3. The highest BCUT2D eigenvalue weighted by atomic mass is 32.2. The summed E-state index contributed by atoms with van der Waals surface area (Å²) in [6.07, 6.45) is 1.25. The summed E-state index contributed by atoms with van der Waals surface area (Å²) >= 11 is 0. The standard InChI is InChI=1S/C17H16FNO3S/c18-14-7-9-16(10-8-14)23(20,21)19-11-3-5-15-12-13-4-1-2-6-17(13)22-15/h1-2,4,6-10,12,19H,3,5,11H2. The van der Waals surface area contributed by atoms with Crippen LogP contribution in [0, 0.1) is 5.82 Å². The van der Waals surface area contributed by atoms with Crippen LogP contribution in [0.3, 0.4) is 0 Å². The first kappa shape index (κ1) is 15.7. The average molecular weight is 333 g/mol. The van der Waals surface area contributed by atoms with Crippen molar-refractivity contribution in [3.8, 4) is 0 Å². The molecule has 1 N–H and O–H groups in total. The van der Waals surface area contributed by atoms with Gasteiger partial charge in [-0.2, -0.15) is 0 Å². The number of hydrogen-bond acceptors (Lipinski definition) is 3. The van der Waals surface area contributed by atoms with E-state index in [1.807, 2.05) is 30.3 Å². The van der Waals surface area contributed by atoms with Crippen molar-refractivity contribution in [2.45, 2.75) is 17.7 Å². The van der Waals surface area contributed by atoms with Crippen LogP contribution in [0.1, 0.15) is 12.2 Å². The zero-order valence-corrected chi connectivity index (χ0v) is 13.1. The first-order chi connectivity index (χ1) is 11.0. The lowest BCUT2D eigenvalue weighted by Crippen LogP contribution is -2.25. The molecule has 0 saturated carbocycles. The SMILES string of the molecule is O=S(=O)(NCCCc1cc2ccccc2o1)c1ccc(F)cc1. The molecule has 3 aromatic rings. The van der Waals surface area contributed by atoms with Crippen LogP contribution in [0.2, 0.25) is 0 Å². The van der Waals surface area contributed by atoms with Gasteiger partial charge in [-0.05, 0) is 42.8 Å². The molecular weight excluding hydrogens is 317 g/mol. The van der Waals surface area contributed by atoms with Crippen molar-refractivity contribution in [2.75, 3.05) is 6.54 Å². The van der Waals surface area contributed by atoms with Crippen molar-refractivity contribution < 1.29 is 17.2 Å². The van der Waals surface area contributed by atoms with Crippen molar-refractivity contribution in [1.29, 1.82) is 0 Å². The predicted octanol–water partition coefficient (Wildman–Crippen LogP) is 3.48. The molecule has 2 aromatic carbocycles. The van der Waals surface area contributed by atoms with E-state index in [2.05, 4.69) is 4.72 Å². The summed E-state index contributed by atoms with van der Waals surface area (Å²) in [5.74, 6) is 0.362. The lowest BCUT2D eigenvalue weighted by atomic mass is 10.2. The zero-order valence-electron chi connectivity index (χ0n) is 12.3. The van der Waals surface area contributed by atoms with Crippen molar-refractivity contribution in [1.82, 2.24) is 4.72 Å². The molecule has 0 fully saturated rings. The normalized spacial score (nSPS) is 11.9. The van der Waals surface area contributed by atoms with E-state index < -0.39 is 15.8 Å². The second-order valence-electron chi connectivity index (χ2n) is 5.21. The van der Waals surface area contributed by atoms with Gasteiger partial charge >= 0.3 is 0 Å². The summed E-state index contributed by atoms with van der Waals surface area (Å²) in [7, 11) is -3.60. The largest absolute Gasteiger partial charge is 0.461 e. The number of nitrogens with one attached hydrogen (secondary N) is 1. The molecule has 1 heterocycles. The Kier molecular flexibility index (Phi) is 4.45. The minimum atomic E-state index is -3.60. The Labute approximate surface area is 134 Å². The number of rotatable bonds is 6. The summed E-state index contributed by atoms with van der Waals surface area (Å²) in [6.45, 7) is 0.288. The highest BCUT2D eigenvalue weighted by molar-refractivity contribution is 7.89. The Bertz CT molecular complexity index is 868. The second-order valence-corrected chi connectivity index (χ2v) is 6.97. The summed E-state index contributed by atoms with van der Waals surface area (Å²) in [5, 5.41) is 1.04. The van der Waals surface area contributed by atoms with Gasteiger partial charge in [-0.15, -0.1) is 0 Å². The van der Waals surface area contributed by atoms with Crippen LogP contribution < -0.4 is 4.72 Å². The number of aryl methyl sites for hydroxylation is 1. The predicted molar refractivity (Wildman–Crippen MR) is 86.1 cm³/mol. The van der Waals surface area contributed by atoms with Gasteiger partial charge in [-0.25, -0.2) is 17.5 Å². The Balaban J connectivity index is 1.55. The monoisotopic (exact) mass is 333 g/mol. The molecule has 0 atom stereocenters. The Morgan fingerprint density at radius 3 is 2.52 bits per heavy atom. The van der Waals surface area contributed by atoms with Gasteiger partial charge in [0.25, 0.3) is 0 Å². The molecule has 1 aromatic heterocycles. The number of halogens is 1. The fourth-order valence-corrected chi connectivity index (χ4v) is 3.40. The quantitative estimate of drug-likeness (QED) is 0.703. The lowest BCUT2D eigenvalue weighted by Gasteiger charge is -2.06. The number of sulfonamides is 1. The topological polar surface area (TPSA) is 59.3 Å². The van der Waals surface area contributed by atoms with E-state index in [0.717, 1.165) is 28.9 Å². The number of benzene rings is 2. The average Bonchev–Trinajstić information content (AvgIpc) is 2.95. The molecule has 0 bridgehead atoms. The highest BCUT2D eigenvalue weighted by Crippen LogP contribution is 2.19. The van der Waals surface area contributed by atoms with Gasteiger partial charge < -0.3 is 4.42 Å². The third-order valence-corrected chi connectivity index (χ3v) is 4.97. The van der Waals surface area contributed by atoms with E-state index >= 15 is 0 Å². The summed E-state index contributed by atoms with van der Waals surface area (Å²) in [6, 6.07) is 14.4. The van der Waals surface area contributed by atoms with E-state index in [4.69, 9.17) is 4.42 Å². The van der Waals surface area contributed by atoms with Crippen LogP contribution in [0.25, 0.3) is 11.0 Å². The number of hydrogen-bond donors (Lipinski definition) is 1. The molecule has 6 heteroatoms. The third kappa shape index (κ3) is 3.78. The van der Waals surface area contributed by atoms with E-state index in [1.54, 1.807) is 0 Å². The highest BCUT2D eigenvalue weighted by Gasteiger charge is 2.13. The molecule has 23 heavy (non-hydrogen) atoms. The van der Waals surface area contributed by atoms with Gasteiger partial charge in [0.2, 0.25) is 10.0 Å². The van der Waals surface area contributed by atoms with Crippen LogP contribution in [-0.2, 0) is 16.4 Å². The Morgan fingerprint density at radius 1 is 1.04 bits per heavy atom. The van der Waals surface area contributed by atoms with Crippen LogP contribution in [-0.4, -0.2) is 15.0 Å². The van der Waals surface area contributed by atoms with Crippen LogP contribution in [0.5, 0.6) is 0 Å². The molecule has 3 rings (SSSR count). The van der Waals surface area contributed by atoms with Crippen molar-refractivity contribution >= 4 is 21.0 Å². The number of fused-ring (bicyclic) bond motifs is 1. The summed E-state index contributed by atoms with van der Waals surface area (Å²) in [5.41, 5.74) is 0.828. The Morgan fingerprint density at radius 2 is 1.78 bits per heavy atom. The molecule has 0 spiro atoms. The van der Waals surface area contributed by atoms with Crippen molar-refractivity contribution in [3.05, 3.63) is 66.2 Å². The van der Waals surface area contributed by atoms with E-state index in [1.165, 1.54) is 12.1 Å². The van der Waals surface area contributed by atoms with Gasteiger partial charge in [0.05, 0.1) is 4.90 Å². The fraction of sp³-hybridized carbons (Fsp3) is 0.176. The van der Waals surface area contributed by atoms with Gasteiger partial charge in [0.15, 0.2) is 0 Å². The van der Waals surface area contributed by atoms with E-state index in [9.17, 15) is 12.8 Å². The maximum Gasteiger partial charge on any atom is 0.240 e. The maximum atomic E-state index is 12.8. The second kappa shape index (κ2) is 6.52. The molecule has 0 saturated heterocycles. The van der Waals surface area contributed by atoms with Crippen molar-refractivity contribution in [2.24, 2.45) is 0 Å². The van der Waals surface area contributed by atoms with Crippen LogP contribution in [0.4, 0.5) is 4.39 Å². The van der Waals surface area contributed by atoms with Crippen LogP contribution >= 0.6 is 0 Å². The molecule has 0 radical (unpaired) electrons. The minimum absolute atomic E-state index is 0.0580. The van der Waals surface area contributed by atoms with Gasteiger partial charge in [0.1, 0.15) is 17.2 Å². The third-order valence-electron chi connectivity index (χ3n) is 3.49. The molecule has 0 aliphatic heterocycles. The van der Waals surface area contributed by atoms with Gasteiger partial charge in [0, 0.05) is 18.4 Å². The number of furan rings is 1. The molecule has 0 amide bonds. The summed E-state index contributed by atoms with van der Waals surface area (Å²) in [4.78, 5) is 0.0580. The smallest absolute Gasteiger partial charge is 0.240 e. The van der Waals surface area contributed by atoms with E-state index in [-0.39, 0.29) is 11.4 Å². The number of para-hydroxylation sites is 1.